The largest absolute Gasteiger partial charge is 0.444 e. The minimum Gasteiger partial charge on any atom is -0.444 e. The third kappa shape index (κ3) is 10.6. The van der Waals surface area contributed by atoms with Gasteiger partial charge in [-0.05, 0) is 113 Å². The van der Waals surface area contributed by atoms with Crippen LogP contribution in [0.2, 0.25) is 0 Å². The number of aromatic nitrogens is 4. The first kappa shape index (κ1) is 44.2. The van der Waals surface area contributed by atoms with Crippen LogP contribution in [0, 0.1) is 6.92 Å². The number of amides is 3. The number of rotatable bonds is 13. The number of ether oxygens (including phenoxy) is 2. The second kappa shape index (κ2) is 19.5. The maximum atomic E-state index is 13.6. The van der Waals surface area contributed by atoms with Crippen molar-refractivity contribution in [1.82, 2.24) is 40.2 Å². The van der Waals surface area contributed by atoms with Crippen LogP contribution in [0.3, 0.4) is 0 Å². The maximum absolute atomic E-state index is 13.6. The fourth-order valence-electron chi connectivity index (χ4n) is 8.27. The van der Waals surface area contributed by atoms with Gasteiger partial charge in [0.1, 0.15) is 17.0 Å². The van der Waals surface area contributed by atoms with Gasteiger partial charge >= 0.3 is 6.09 Å². The Morgan fingerprint density at radius 2 is 1.61 bits per heavy atom. The van der Waals surface area contributed by atoms with E-state index in [-0.39, 0.29) is 54.5 Å². The van der Waals surface area contributed by atoms with E-state index in [9.17, 15) is 14.4 Å². The van der Waals surface area contributed by atoms with Gasteiger partial charge in [0.2, 0.25) is 0 Å². The summed E-state index contributed by atoms with van der Waals surface area (Å²) in [5, 5.41) is 15.3. The fraction of sp³-hybridized carbons (Fsp3) is 0.458. The van der Waals surface area contributed by atoms with E-state index in [4.69, 9.17) is 14.5 Å². The second-order valence-corrected chi connectivity index (χ2v) is 17.4. The molecule has 3 N–H and O–H groups in total. The lowest BCUT2D eigenvalue weighted by Gasteiger charge is -2.40. The van der Waals surface area contributed by atoms with Crippen LogP contribution in [0.25, 0.3) is 22.2 Å². The van der Waals surface area contributed by atoms with Gasteiger partial charge in [-0.3, -0.25) is 14.5 Å². The minimum atomic E-state index is -0.525. The number of aryl methyl sites for hydroxylation is 3. The Bertz CT molecular complexity index is 2400. The van der Waals surface area contributed by atoms with Gasteiger partial charge in [-0.25, -0.2) is 19.4 Å². The van der Waals surface area contributed by atoms with E-state index in [1.54, 1.807) is 18.2 Å². The van der Waals surface area contributed by atoms with Crippen LogP contribution in [0.5, 0.6) is 0 Å². The van der Waals surface area contributed by atoms with Gasteiger partial charge in [0.15, 0.2) is 5.65 Å². The molecule has 0 bridgehead atoms. The number of carbonyl (C=O) groups excluding carboxylic acids is 3. The minimum absolute atomic E-state index is 0.0418. The summed E-state index contributed by atoms with van der Waals surface area (Å²) in [7, 11) is 0. The quantitative estimate of drug-likeness (QED) is 0.110. The number of piperazine rings is 1. The Balaban J connectivity index is 0.982. The van der Waals surface area contributed by atoms with E-state index in [1.807, 2.05) is 49.5 Å². The molecule has 2 fully saturated rings. The summed E-state index contributed by atoms with van der Waals surface area (Å²) in [6, 6.07) is 19.9. The molecule has 0 spiro atoms. The van der Waals surface area contributed by atoms with E-state index in [0.717, 1.165) is 82.7 Å². The number of benzene rings is 2. The zero-order valence-corrected chi connectivity index (χ0v) is 37.2. The summed E-state index contributed by atoms with van der Waals surface area (Å²) >= 11 is 0. The maximum Gasteiger partial charge on any atom is 0.410 e. The van der Waals surface area contributed by atoms with Crippen molar-refractivity contribution in [1.29, 1.82) is 0 Å². The highest BCUT2D eigenvalue weighted by molar-refractivity contribution is 5.97. The smallest absolute Gasteiger partial charge is 0.410 e. The molecule has 1 atom stereocenters. The highest BCUT2D eigenvalue weighted by Gasteiger charge is 2.31. The fourth-order valence-corrected chi connectivity index (χ4v) is 8.27. The Hall–Kier alpha value is -5.86. The first-order valence-corrected chi connectivity index (χ1v) is 22.0. The van der Waals surface area contributed by atoms with E-state index in [0.29, 0.717) is 32.7 Å². The van der Waals surface area contributed by atoms with Crippen molar-refractivity contribution in [3.63, 3.8) is 0 Å². The zero-order chi connectivity index (χ0) is 44.0. The molecule has 2 saturated heterocycles. The van der Waals surface area contributed by atoms with Crippen LogP contribution >= 0.6 is 0 Å². The summed E-state index contributed by atoms with van der Waals surface area (Å²) in [4.78, 5) is 53.5. The first-order chi connectivity index (χ1) is 29.8. The Morgan fingerprint density at radius 1 is 0.887 bits per heavy atom. The molecular weight excluding hydrogens is 783 g/mol. The third-order valence-electron chi connectivity index (χ3n) is 11.6. The van der Waals surface area contributed by atoms with E-state index in [2.05, 4.69) is 88.1 Å². The number of pyridine rings is 2. The van der Waals surface area contributed by atoms with Gasteiger partial charge in [-0.2, -0.15) is 5.10 Å². The Kier molecular flexibility index (Phi) is 13.9. The molecule has 62 heavy (non-hydrogen) atoms. The second-order valence-electron chi connectivity index (χ2n) is 17.4. The monoisotopic (exact) mass is 843 g/mol. The topological polar surface area (TPSA) is 156 Å². The Morgan fingerprint density at radius 3 is 2.31 bits per heavy atom. The van der Waals surface area contributed by atoms with E-state index >= 15 is 0 Å². The van der Waals surface area contributed by atoms with Gasteiger partial charge in [-0.15, -0.1) is 0 Å². The molecule has 0 unspecified atom stereocenters. The molecule has 14 nitrogen and oxygen atoms in total. The average molecular weight is 844 g/mol. The van der Waals surface area contributed by atoms with Gasteiger partial charge in [0.25, 0.3) is 11.8 Å². The van der Waals surface area contributed by atoms with E-state index in [1.165, 1.54) is 5.56 Å². The summed E-state index contributed by atoms with van der Waals surface area (Å²) < 4.78 is 13.1. The van der Waals surface area contributed by atoms with Gasteiger partial charge < -0.3 is 30.3 Å². The molecular formula is C48H61N9O5. The number of nitrogens with zero attached hydrogens (tertiary/aromatic N) is 6. The lowest BCUT2D eigenvalue weighted by molar-refractivity contribution is 0.000540. The predicted molar refractivity (Wildman–Crippen MR) is 241 cm³/mol. The lowest BCUT2D eigenvalue weighted by Crippen LogP contribution is -2.54. The lowest BCUT2D eigenvalue weighted by atomic mass is 9.96. The van der Waals surface area contributed by atoms with Crippen molar-refractivity contribution in [2.75, 3.05) is 38.2 Å². The van der Waals surface area contributed by atoms with Crippen molar-refractivity contribution < 1.29 is 23.9 Å². The molecule has 5 heterocycles. The molecule has 2 aromatic carbocycles. The summed E-state index contributed by atoms with van der Waals surface area (Å²) in [6.07, 6.45) is 4.04. The molecule has 3 aromatic heterocycles. The third-order valence-corrected chi connectivity index (χ3v) is 11.6. The number of hydrogen-bond donors (Lipinski definition) is 3. The van der Waals surface area contributed by atoms with Crippen molar-refractivity contribution in [2.24, 2.45) is 0 Å². The number of anilines is 1. The Labute approximate surface area is 364 Å². The molecule has 14 heteroatoms. The number of nitrogens with one attached hydrogen (secondary N) is 3. The summed E-state index contributed by atoms with van der Waals surface area (Å²) in [5.74, 6) is -0.755. The summed E-state index contributed by atoms with van der Waals surface area (Å²) in [6.45, 7) is 19.5. The highest BCUT2D eigenvalue weighted by atomic mass is 16.6. The standard InChI is InChI=1S/C48H61N9O5/c1-8-40-38(43(52-36-18-22-61-23-19-36)39-28-51-57(9-2)44(39)54-40)27-50-46(59)42-15-11-14-41(53-42)45(58)49-26-33-17-16-31(3)37(25-33)35-13-10-12-34(24-35)30-55-20-21-56(32(4)29-55)47(60)62-48(5,6)7/h10-17,24-25,28,32,36H,8-9,18-23,26-27,29-30H2,1-7H3,(H,49,58)(H,50,59)(H,52,54)/t32-/m0/s1. The van der Waals surface area contributed by atoms with Crippen molar-refractivity contribution in [3.8, 4) is 11.1 Å². The molecule has 2 aliphatic heterocycles. The molecule has 3 amide bonds. The number of carbonyl (C=O) groups is 3. The average Bonchev–Trinajstić information content (AvgIpc) is 3.68. The predicted octanol–water partition coefficient (Wildman–Crippen LogP) is 7.28. The van der Waals surface area contributed by atoms with Crippen LogP contribution in [-0.4, -0.2) is 98.0 Å². The van der Waals surface area contributed by atoms with Crippen molar-refractivity contribution in [3.05, 3.63) is 106 Å². The molecule has 5 aromatic rings. The van der Waals surface area contributed by atoms with Gasteiger partial charge in [0.05, 0.1) is 17.3 Å². The molecule has 2 aliphatic rings. The van der Waals surface area contributed by atoms with Crippen molar-refractivity contribution >= 4 is 34.6 Å². The molecule has 328 valence electrons. The molecule has 0 saturated carbocycles. The first-order valence-electron chi connectivity index (χ1n) is 22.0. The highest BCUT2D eigenvalue weighted by Crippen LogP contribution is 2.32. The van der Waals surface area contributed by atoms with Crippen LogP contribution in [0.15, 0.2) is 66.9 Å². The molecule has 0 radical (unpaired) electrons. The number of fused-ring (bicyclic) bond motifs is 1. The van der Waals surface area contributed by atoms with Crippen LogP contribution < -0.4 is 16.0 Å². The van der Waals surface area contributed by atoms with Gasteiger partial charge in [-0.1, -0.05) is 43.3 Å². The van der Waals surface area contributed by atoms with Crippen molar-refractivity contribution in [2.45, 2.75) is 112 Å². The SMILES string of the molecule is CCc1nc2c(cnn2CC)c(NC2CCOCC2)c1CNC(=O)c1cccc(C(=O)NCc2ccc(C)c(-c3cccc(CN4CCN(C(=O)OC(C)(C)C)[C@@H](C)C4)c3)c2)n1. The van der Waals surface area contributed by atoms with Crippen LogP contribution in [0.4, 0.5) is 10.5 Å². The van der Waals surface area contributed by atoms with Crippen LogP contribution in [0.1, 0.15) is 103 Å². The van der Waals surface area contributed by atoms with Crippen LogP contribution in [-0.2, 0) is 42.1 Å². The van der Waals surface area contributed by atoms with Gasteiger partial charge in [0, 0.05) is 82.4 Å². The van der Waals surface area contributed by atoms with E-state index < -0.39 is 5.60 Å². The molecule has 7 rings (SSSR count). The normalized spacial score (nSPS) is 16.3. The summed E-state index contributed by atoms with van der Waals surface area (Å²) in [5.41, 5.74) is 8.78. The molecule has 0 aliphatic carbocycles. The zero-order valence-electron chi connectivity index (χ0n) is 37.2. The number of hydrogen-bond acceptors (Lipinski definition) is 10.